The fourth-order valence-corrected chi connectivity index (χ4v) is 1.05. The van der Waals surface area contributed by atoms with Crippen LogP contribution in [0.3, 0.4) is 0 Å². The highest BCUT2D eigenvalue weighted by atomic mass is 19.1. The molecule has 0 fully saturated rings. The SMILES string of the molecule is CNc1cc([N+](=O)[O-])c(F)cc1C=N. The van der Waals surface area contributed by atoms with E-state index in [2.05, 4.69) is 5.32 Å². The average Bonchev–Trinajstić information content (AvgIpc) is 2.16. The van der Waals surface area contributed by atoms with E-state index < -0.39 is 16.4 Å². The highest BCUT2D eigenvalue weighted by Gasteiger charge is 2.16. The van der Waals surface area contributed by atoms with Crippen molar-refractivity contribution >= 4 is 17.6 Å². The lowest BCUT2D eigenvalue weighted by atomic mass is 10.1. The Morgan fingerprint density at radius 1 is 1.64 bits per heavy atom. The van der Waals surface area contributed by atoms with Crippen LogP contribution >= 0.6 is 0 Å². The standard InChI is InChI=1S/C8H8FN3O2/c1-11-7-3-8(12(13)14)6(9)2-5(7)4-10/h2-4,10-11H,1H3. The summed E-state index contributed by atoms with van der Waals surface area (Å²) in [5.74, 6) is -0.937. The van der Waals surface area contributed by atoms with E-state index in [1.807, 2.05) is 0 Å². The molecule has 0 radical (unpaired) electrons. The van der Waals surface area contributed by atoms with Crippen LogP contribution in [0.15, 0.2) is 12.1 Å². The monoisotopic (exact) mass is 197 g/mol. The molecule has 0 saturated heterocycles. The fourth-order valence-electron chi connectivity index (χ4n) is 1.05. The van der Waals surface area contributed by atoms with E-state index in [0.717, 1.165) is 18.3 Å². The zero-order valence-corrected chi connectivity index (χ0v) is 7.37. The molecule has 0 heterocycles. The van der Waals surface area contributed by atoms with Crippen molar-refractivity contribution in [2.45, 2.75) is 0 Å². The molecule has 0 bridgehead atoms. The Hall–Kier alpha value is -1.98. The topological polar surface area (TPSA) is 79.0 Å². The van der Waals surface area contributed by atoms with E-state index >= 15 is 0 Å². The number of nitrogens with zero attached hydrogens (tertiary/aromatic N) is 1. The number of hydrogen-bond acceptors (Lipinski definition) is 4. The largest absolute Gasteiger partial charge is 0.387 e. The maximum absolute atomic E-state index is 13.0. The average molecular weight is 197 g/mol. The molecule has 0 aliphatic rings. The number of nitrogens with one attached hydrogen (secondary N) is 2. The highest BCUT2D eigenvalue weighted by Crippen LogP contribution is 2.24. The molecule has 1 aromatic carbocycles. The molecule has 0 saturated carbocycles. The van der Waals surface area contributed by atoms with Gasteiger partial charge >= 0.3 is 5.69 Å². The van der Waals surface area contributed by atoms with E-state index in [9.17, 15) is 14.5 Å². The molecule has 2 N–H and O–H groups in total. The Morgan fingerprint density at radius 2 is 2.29 bits per heavy atom. The smallest absolute Gasteiger partial charge is 0.306 e. The Labute approximate surface area is 79.2 Å². The summed E-state index contributed by atoms with van der Waals surface area (Å²) in [5, 5.41) is 20.0. The minimum Gasteiger partial charge on any atom is -0.387 e. The van der Waals surface area contributed by atoms with Crippen molar-refractivity contribution in [2.24, 2.45) is 0 Å². The number of nitro groups is 1. The molecule has 6 heteroatoms. The van der Waals surface area contributed by atoms with Gasteiger partial charge in [-0.2, -0.15) is 4.39 Å². The third-order valence-corrected chi connectivity index (χ3v) is 1.74. The summed E-state index contributed by atoms with van der Waals surface area (Å²) < 4.78 is 13.0. The van der Waals surface area contributed by atoms with E-state index in [4.69, 9.17) is 5.41 Å². The van der Waals surface area contributed by atoms with Gasteiger partial charge in [0.05, 0.1) is 4.92 Å². The first kappa shape index (κ1) is 10.1. The van der Waals surface area contributed by atoms with Crippen molar-refractivity contribution in [1.29, 1.82) is 5.41 Å². The van der Waals surface area contributed by atoms with Gasteiger partial charge in [0, 0.05) is 30.6 Å². The maximum atomic E-state index is 13.0. The first-order valence-corrected chi connectivity index (χ1v) is 3.76. The molecule has 0 unspecified atom stereocenters. The quantitative estimate of drug-likeness (QED) is 0.440. The fraction of sp³-hybridized carbons (Fsp3) is 0.125. The molecule has 74 valence electrons. The van der Waals surface area contributed by atoms with Gasteiger partial charge in [0.15, 0.2) is 0 Å². The van der Waals surface area contributed by atoms with Crippen LogP contribution < -0.4 is 5.32 Å². The van der Waals surface area contributed by atoms with Gasteiger partial charge in [-0.05, 0) is 6.07 Å². The van der Waals surface area contributed by atoms with Crippen LogP contribution in [-0.4, -0.2) is 18.2 Å². The van der Waals surface area contributed by atoms with E-state index in [0.29, 0.717) is 5.69 Å². The summed E-state index contributed by atoms with van der Waals surface area (Å²) >= 11 is 0. The molecular weight excluding hydrogens is 189 g/mol. The van der Waals surface area contributed by atoms with Gasteiger partial charge in [-0.3, -0.25) is 10.1 Å². The molecule has 0 atom stereocenters. The Morgan fingerprint density at radius 3 is 2.71 bits per heavy atom. The molecular formula is C8H8FN3O2. The van der Waals surface area contributed by atoms with Crippen molar-refractivity contribution < 1.29 is 9.31 Å². The molecule has 0 aromatic heterocycles. The van der Waals surface area contributed by atoms with Crippen LogP contribution in [0.1, 0.15) is 5.56 Å². The summed E-state index contributed by atoms with van der Waals surface area (Å²) in [4.78, 5) is 9.57. The van der Waals surface area contributed by atoms with Crippen molar-refractivity contribution in [3.8, 4) is 0 Å². The predicted octanol–water partition coefficient (Wildman–Crippen LogP) is 1.77. The second-order valence-corrected chi connectivity index (χ2v) is 2.54. The van der Waals surface area contributed by atoms with Crippen molar-refractivity contribution in [3.05, 3.63) is 33.6 Å². The number of benzene rings is 1. The second kappa shape index (κ2) is 3.82. The third-order valence-electron chi connectivity index (χ3n) is 1.74. The summed E-state index contributed by atoms with van der Waals surface area (Å²) in [7, 11) is 1.55. The van der Waals surface area contributed by atoms with Crippen LogP contribution in [0.5, 0.6) is 0 Å². The van der Waals surface area contributed by atoms with Gasteiger partial charge in [-0.1, -0.05) is 0 Å². The summed E-state index contributed by atoms with van der Waals surface area (Å²) in [6.45, 7) is 0. The summed E-state index contributed by atoms with van der Waals surface area (Å²) in [5.41, 5.74) is 0.0312. The van der Waals surface area contributed by atoms with Gasteiger partial charge in [-0.25, -0.2) is 0 Å². The number of halogens is 1. The van der Waals surface area contributed by atoms with E-state index in [-0.39, 0.29) is 5.56 Å². The zero-order chi connectivity index (χ0) is 10.7. The number of rotatable bonds is 3. The molecule has 0 spiro atoms. The van der Waals surface area contributed by atoms with Crippen LogP contribution in [0, 0.1) is 21.3 Å². The first-order chi connectivity index (χ1) is 6.60. The molecule has 14 heavy (non-hydrogen) atoms. The lowest BCUT2D eigenvalue weighted by Crippen LogP contribution is -1.99. The molecule has 0 aliphatic carbocycles. The van der Waals surface area contributed by atoms with Gasteiger partial charge in [-0.15, -0.1) is 0 Å². The molecule has 5 nitrogen and oxygen atoms in total. The normalized spacial score (nSPS) is 9.57. The van der Waals surface area contributed by atoms with Crippen molar-refractivity contribution in [3.63, 3.8) is 0 Å². The minimum absolute atomic E-state index is 0.274. The number of hydrogen-bond donors (Lipinski definition) is 2. The van der Waals surface area contributed by atoms with Crippen LogP contribution in [0.4, 0.5) is 15.8 Å². The summed E-state index contributed by atoms with van der Waals surface area (Å²) in [6.07, 6.45) is 0.929. The Kier molecular flexibility index (Phi) is 2.76. The first-order valence-electron chi connectivity index (χ1n) is 3.76. The van der Waals surface area contributed by atoms with E-state index in [1.165, 1.54) is 0 Å². The third kappa shape index (κ3) is 1.68. The lowest BCUT2D eigenvalue weighted by Gasteiger charge is -2.04. The van der Waals surface area contributed by atoms with Gasteiger partial charge in [0.25, 0.3) is 0 Å². The molecule has 1 rings (SSSR count). The van der Waals surface area contributed by atoms with E-state index in [1.54, 1.807) is 7.05 Å². The Balaban J connectivity index is 3.37. The lowest BCUT2D eigenvalue weighted by molar-refractivity contribution is -0.387. The molecule has 0 amide bonds. The van der Waals surface area contributed by atoms with Crippen molar-refractivity contribution in [2.75, 3.05) is 12.4 Å². The second-order valence-electron chi connectivity index (χ2n) is 2.54. The molecule has 0 aliphatic heterocycles. The van der Waals surface area contributed by atoms with Gasteiger partial charge < -0.3 is 10.7 Å². The van der Waals surface area contributed by atoms with Crippen LogP contribution in [0.2, 0.25) is 0 Å². The number of nitro benzene ring substituents is 1. The van der Waals surface area contributed by atoms with Gasteiger partial charge in [0.1, 0.15) is 0 Å². The minimum atomic E-state index is -0.937. The van der Waals surface area contributed by atoms with Crippen molar-refractivity contribution in [1.82, 2.24) is 0 Å². The van der Waals surface area contributed by atoms with Crippen LogP contribution in [-0.2, 0) is 0 Å². The van der Waals surface area contributed by atoms with Crippen LogP contribution in [0.25, 0.3) is 0 Å². The van der Waals surface area contributed by atoms with Gasteiger partial charge in [0.2, 0.25) is 5.82 Å². The zero-order valence-electron chi connectivity index (χ0n) is 7.37. The Bertz CT molecular complexity index is 392. The highest BCUT2D eigenvalue weighted by molar-refractivity contribution is 5.86. The molecule has 1 aromatic rings. The predicted molar refractivity (Wildman–Crippen MR) is 50.5 cm³/mol. The summed E-state index contributed by atoms with van der Waals surface area (Å²) in [6, 6.07) is 2.02. The maximum Gasteiger partial charge on any atom is 0.306 e. The number of anilines is 1.